The summed E-state index contributed by atoms with van der Waals surface area (Å²) in [6, 6.07) is 10.5. The number of hydrogen-bond donors (Lipinski definition) is 2. The van der Waals surface area contributed by atoms with Gasteiger partial charge in [0.05, 0.1) is 13.2 Å². The molecule has 2 N–H and O–H groups in total. The fourth-order valence-electron chi connectivity index (χ4n) is 2.87. The van der Waals surface area contributed by atoms with Gasteiger partial charge in [-0.25, -0.2) is 0 Å². The number of hydrogen-bond acceptors (Lipinski definition) is 6. The summed E-state index contributed by atoms with van der Waals surface area (Å²) in [5, 5.41) is 19.0. The minimum absolute atomic E-state index is 0.156. The van der Waals surface area contributed by atoms with Crippen LogP contribution in [-0.4, -0.2) is 31.0 Å². The standard InChI is InChI=1S/C21H28O6S/c1-4-16(3)17-5-7-20(8-6-17)27-28(24,25)10-9-26-21-18(13-22)11-15(2)12-19(21)14-23/h5-8,11-12,16,22-23H,4,9-10,13-14H2,1-3H3. The van der Waals surface area contributed by atoms with E-state index in [1.165, 1.54) is 0 Å². The summed E-state index contributed by atoms with van der Waals surface area (Å²) < 4.78 is 35.2. The maximum atomic E-state index is 12.2. The van der Waals surface area contributed by atoms with Crippen LogP contribution < -0.4 is 8.92 Å². The van der Waals surface area contributed by atoms with Gasteiger partial charge < -0.3 is 19.1 Å². The number of ether oxygens (including phenoxy) is 1. The zero-order valence-electron chi connectivity index (χ0n) is 16.5. The topological polar surface area (TPSA) is 93.1 Å². The predicted molar refractivity (Wildman–Crippen MR) is 108 cm³/mol. The largest absolute Gasteiger partial charge is 0.492 e. The first-order valence-electron chi connectivity index (χ1n) is 9.28. The molecule has 0 aliphatic carbocycles. The lowest BCUT2D eigenvalue weighted by molar-refractivity contribution is 0.251. The Kier molecular flexibility index (Phi) is 7.86. The van der Waals surface area contributed by atoms with Gasteiger partial charge in [-0.05, 0) is 37.0 Å². The lowest BCUT2D eigenvalue weighted by Gasteiger charge is -2.15. The Balaban J connectivity index is 2.01. The van der Waals surface area contributed by atoms with Gasteiger partial charge in [0.25, 0.3) is 0 Å². The van der Waals surface area contributed by atoms with Gasteiger partial charge in [-0.1, -0.05) is 43.7 Å². The minimum Gasteiger partial charge on any atom is -0.492 e. The SMILES string of the molecule is CCC(C)c1ccc(OS(=O)(=O)CCOc2c(CO)cc(C)cc2CO)cc1. The highest BCUT2D eigenvalue weighted by molar-refractivity contribution is 7.87. The molecule has 1 atom stereocenters. The van der Waals surface area contributed by atoms with Gasteiger partial charge >= 0.3 is 10.1 Å². The van der Waals surface area contributed by atoms with Crippen LogP contribution in [0.15, 0.2) is 36.4 Å². The highest BCUT2D eigenvalue weighted by Crippen LogP contribution is 2.27. The van der Waals surface area contributed by atoms with E-state index in [-0.39, 0.29) is 31.3 Å². The van der Waals surface area contributed by atoms with Crippen molar-refractivity contribution in [1.29, 1.82) is 0 Å². The lowest BCUT2D eigenvalue weighted by atomic mass is 9.99. The van der Waals surface area contributed by atoms with E-state index in [1.54, 1.807) is 24.3 Å². The van der Waals surface area contributed by atoms with Gasteiger partial charge in [-0.3, -0.25) is 0 Å². The molecule has 154 valence electrons. The molecule has 0 amide bonds. The summed E-state index contributed by atoms with van der Waals surface area (Å²) in [7, 11) is -3.84. The quantitative estimate of drug-likeness (QED) is 0.586. The molecule has 0 bridgehead atoms. The fraction of sp³-hybridized carbons (Fsp3) is 0.429. The fourth-order valence-corrected chi connectivity index (χ4v) is 3.65. The van der Waals surface area contributed by atoms with Gasteiger partial charge in [0.15, 0.2) is 0 Å². The molecular weight excluding hydrogens is 380 g/mol. The van der Waals surface area contributed by atoms with E-state index in [0.29, 0.717) is 22.8 Å². The van der Waals surface area contributed by atoms with E-state index in [1.807, 2.05) is 19.1 Å². The van der Waals surface area contributed by atoms with Crippen molar-refractivity contribution in [3.8, 4) is 11.5 Å². The summed E-state index contributed by atoms with van der Waals surface area (Å²) in [5.74, 6) is 0.609. The average molecular weight is 409 g/mol. The molecule has 0 heterocycles. The summed E-state index contributed by atoms with van der Waals surface area (Å²) >= 11 is 0. The van der Waals surface area contributed by atoms with Crippen LogP contribution in [-0.2, 0) is 23.3 Å². The van der Waals surface area contributed by atoms with Crippen LogP contribution >= 0.6 is 0 Å². The highest BCUT2D eigenvalue weighted by atomic mass is 32.2. The van der Waals surface area contributed by atoms with E-state index in [0.717, 1.165) is 17.5 Å². The van der Waals surface area contributed by atoms with Crippen LogP contribution in [0.2, 0.25) is 0 Å². The third kappa shape index (κ3) is 5.95. The van der Waals surface area contributed by atoms with Gasteiger partial charge in [-0.15, -0.1) is 0 Å². The molecule has 0 aliphatic heterocycles. The van der Waals surface area contributed by atoms with E-state index >= 15 is 0 Å². The molecule has 2 aromatic carbocycles. The Labute approximate surface area is 166 Å². The molecule has 0 fully saturated rings. The molecule has 2 aromatic rings. The molecule has 6 nitrogen and oxygen atoms in total. The second kappa shape index (κ2) is 9.91. The van der Waals surface area contributed by atoms with Crippen LogP contribution in [0.3, 0.4) is 0 Å². The van der Waals surface area contributed by atoms with E-state index in [2.05, 4.69) is 13.8 Å². The molecule has 28 heavy (non-hydrogen) atoms. The number of rotatable bonds is 10. The van der Waals surface area contributed by atoms with Crippen molar-refractivity contribution in [2.24, 2.45) is 0 Å². The van der Waals surface area contributed by atoms with Crippen LogP contribution in [0.4, 0.5) is 0 Å². The smallest absolute Gasteiger partial charge is 0.312 e. The minimum atomic E-state index is -3.84. The second-order valence-corrected chi connectivity index (χ2v) is 8.49. The first-order chi connectivity index (χ1) is 13.3. The maximum Gasteiger partial charge on any atom is 0.312 e. The van der Waals surface area contributed by atoms with Crippen molar-refractivity contribution < 1.29 is 27.6 Å². The average Bonchev–Trinajstić information content (AvgIpc) is 2.68. The highest BCUT2D eigenvalue weighted by Gasteiger charge is 2.16. The Morgan fingerprint density at radius 3 is 2.11 bits per heavy atom. The van der Waals surface area contributed by atoms with Crippen molar-refractivity contribution in [2.75, 3.05) is 12.4 Å². The molecule has 2 rings (SSSR count). The maximum absolute atomic E-state index is 12.2. The Bertz CT molecular complexity index is 849. The molecule has 1 unspecified atom stereocenters. The van der Waals surface area contributed by atoms with Crippen LogP contribution in [0, 0.1) is 6.92 Å². The first kappa shape index (κ1) is 22.2. The molecule has 0 radical (unpaired) electrons. The number of aliphatic hydroxyl groups excluding tert-OH is 2. The molecule has 0 aliphatic rings. The van der Waals surface area contributed by atoms with E-state index in [9.17, 15) is 18.6 Å². The molecule has 7 heteroatoms. The number of aliphatic hydroxyl groups is 2. The third-order valence-electron chi connectivity index (χ3n) is 4.59. The van der Waals surface area contributed by atoms with Crippen LogP contribution in [0.1, 0.15) is 48.4 Å². The summed E-state index contributed by atoms with van der Waals surface area (Å²) in [4.78, 5) is 0. The van der Waals surface area contributed by atoms with Crippen molar-refractivity contribution in [1.82, 2.24) is 0 Å². The van der Waals surface area contributed by atoms with E-state index < -0.39 is 10.1 Å². The molecule has 0 saturated carbocycles. The van der Waals surface area contributed by atoms with Gasteiger partial charge in [-0.2, -0.15) is 8.42 Å². The summed E-state index contributed by atoms with van der Waals surface area (Å²) in [5.41, 5.74) is 3.01. The number of benzene rings is 2. The van der Waals surface area contributed by atoms with Crippen LogP contribution in [0.5, 0.6) is 11.5 Å². The molecule has 0 spiro atoms. The first-order valence-corrected chi connectivity index (χ1v) is 10.9. The van der Waals surface area contributed by atoms with E-state index in [4.69, 9.17) is 8.92 Å². The van der Waals surface area contributed by atoms with Crippen LogP contribution in [0.25, 0.3) is 0 Å². The van der Waals surface area contributed by atoms with Gasteiger partial charge in [0.1, 0.15) is 23.9 Å². The second-order valence-electron chi connectivity index (χ2n) is 6.80. The summed E-state index contributed by atoms with van der Waals surface area (Å²) in [6.45, 7) is 5.35. The monoisotopic (exact) mass is 408 g/mol. The Hall–Kier alpha value is -2.09. The Morgan fingerprint density at radius 2 is 1.61 bits per heavy atom. The Morgan fingerprint density at radius 1 is 1.04 bits per heavy atom. The predicted octanol–water partition coefficient (Wildman–Crippen LogP) is 3.28. The zero-order chi connectivity index (χ0) is 20.7. The zero-order valence-corrected chi connectivity index (χ0v) is 17.3. The molecule has 0 saturated heterocycles. The lowest BCUT2D eigenvalue weighted by Crippen LogP contribution is -2.20. The van der Waals surface area contributed by atoms with Crippen molar-refractivity contribution in [3.05, 3.63) is 58.7 Å². The van der Waals surface area contributed by atoms with Crippen molar-refractivity contribution in [2.45, 2.75) is 46.3 Å². The molecule has 0 aromatic heterocycles. The van der Waals surface area contributed by atoms with Crippen molar-refractivity contribution >= 4 is 10.1 Å². The van der Waals surface area contributed by atoms with Gasteiger partial charge in [0, 0.05) is 11.1 Å². The van der Waals surface area contributed by atoms with Gasteiger partial charge in [0.2, 0.25) is 0 Å². The van der Waals surface area contributed by atoms with Crippen molar-refractivity contribution in [3.63, 3.8) is 0 Å². The third-order valence-corrected chi connectivity index (χ3v) is 5.71. The molecular formula is C21H28O6S. The number of aryl methyl sites for hydroxylation is 1. The normalized spacial score (nSPS) is 12.6. The summed E-state index contributed by atoms with van der Waals surface area (Å²) in [6.07, 6.45) is 1.00.